The van der Waals surface area contributed by atoms with Gasteiger partial charge in [0.1, 0.15) is 17.1 Å². The second kappa shape index (κ2) is 18.8. The van der Waals surface area contributed by atoms with E-state index >= 15 is 0 Å². The number of nitrogens with one attached hydrogen (secondary N) is 5. The number of nitrogens with zero attached hydrogens (tertiary/aromatic N) is 4. The fourth-order valence-corrected chi connectivity index (χ4v) is 4.50. The first-order valence-corrected chi connectivity index (χ1v) is 14.2. The summed E-state index contributed by atoms with van der Waals surface area (Å²) >= 11 is 0. The van der Waals surface area contributed by atoms with Crippen LogP contribution in [0.2, 0.25) is 0 Å². The van der Waals surface area contributed by atoms with Crippen LogP contribution in [0, 0.1) is 0 Å². The average Bonchev–Trinajstić information content (AvgIpc) is 3.63. The standard InChI is InChI=1S/C29H41N9O6.ClH.V/c1-35(2)12-8-11-30-27(41)22-14-20(17-36(22)3)32-29(43)24-15-21(18-38(24)5)33-28(42)23-13-19(16-37(23)4)31-25(39)9-6-7-10-26(40)34-44;;/h13-18,44H,6-12H2,1-5H3,(H,30,41)(H,31,39)(H,32,43)(H,33,42)(H,34,40);1H;/q;;+2. The van der Waals surface area contributed by atoms with Crippen molar-refractivity contribution in [1.82, 2.24) is 29.4 Å². The molecule has 3 aromatic heterocycles. The Bertz CT molecular complexity index is 1510. The van der Waals surface area contributed by atoms with Gasteiger partial charge in [0.25, 0.3) is 17.7 Å². The summed E-state index contributed by atoms with van der Waals surface area (Å²) in [6.07, 6.45) is 6.88. The topological polar surface area (TPSA) is 184 Å². The Hall–Kier alpha value is -4.02. The molecule has 0 fully saturated rings. The van der Waals surface area contributed by atoms with Crippen molar-refractivity contribution in [3.8, 4) is 0 Å². The van der Waals surface area contributed by atoms with Crippen LogP contribution >= 0.6 is 12.4 Å². The molecule has 3 rings (SSSR count). The molecule has 3 aromatic rings. The predicted octanol–water partition coefficient (Wildman–Crippen LogP) is 2.31. The largest absolute Gasteiger partial charge is 2.00 e. The summed E-state index contributed by atoms with van der Waals surface area (Å²) in [5, 5.41) is 19.7. The first-order chi connectivity index (χ1) is 20.9. The van der Waals surface area contributed by atoms with Gasteiger partial charge in [0.2, 0.25) is 11.8 Å². The van der Waals surface area contributed by atoms with E-state index in [4.69, 9.17) is 5.21 Å². The van der Waals surface area contributed by atoms with Gasteiger partial charge >= 0.3 is 18.6 Å². The summed E-state index contributed by atoms with van der Waals surface area (Å²) in [6, 6.07) is 4.68. The molecule has 6 N–H and O–H groups in total. The third-order valence-corrected chi connectivity index (χ3v) is 6.76. The summed E-state index contributed by atoms with van der Waals surface area (Å²) in [5.41, 5.74) is 3.82. The number of anilines is 3. The van der Waals surface area contributed by atoms with Crippen molar-refractivity contribution in [3.63, 3.8) is 0 Å². The van der Waals surface area contributed by atoms with E-state index in [1.807, 2.05) is 19.0 Å². The number of rotatable bonds is 15. The number of hydroxylamine groups is 1. The summed E-state index contributed by atoms with van der Waals surface area (Å²) < 4.78 is 4.79. The Morgan fingerprint density at radius 2 is 1.09 bits per heavy atom. The second-order valence-corrected chi connectivity index (χ2v) is 10.8. The molecular weight excluding hydrogens is 657 g/mol. The van der Waals surface area contributed by atoms with Gasteiger partial charge in [0, 0.05) is 59.1 Å². The van der Waals surface area contributed by atoms with E-state index in [9.17, 15) is 24.0 Å². The van der Waals surface area contributed by atoms with Crippen molar-refractivity contribution >= 4 is 59.0 Å². The predicted molar refractivity (Wildman–Crippen MR) is 172 cm³/mol. The van der Waals surface area contributed by atoms with Gasteiger partial charge in [-0.3, -0.25) is 29.2 Å². The van der Waals surface area contributed by atoms with Crippen LogP contribution in [0.5, 0.6) is 0 Å². The van der Waals surface area contributed by atoms with E-state index < -0.39 is 17.7 Å². The molecule has 46 heavy (non-hydrogen) atoms. The molecule has 0 saturated carbocycles. The number of halogens is 1. The van der Waals surface area contributed by atoms with Crippen LogP contribution in [0.1, 0.15) is 63.6 Å². The van der Waals surface area contributed by atoms with Gasteiger partial charge in [-0.2, -0.15) is 0 Å². The number of aromatic nitrogens is 3. The van der Waals surface area contributed by atoms with Gasteiger partial charge in [-0.15, -0.1) is 12.4 Å². The fraction of sp³-hybridized carbons (Fsp3) is 0.414. The van der Waals surface area contributed by atoms with Gasteiger partial charge < -0.3 is 39.9 Å². The molecular formula is C29H42ClN9O6V+2. The minimum atomic E-state index is -0.506. The van der Waals surface area contributed by atoms with E-state index in [0.29, 0.717) is 42.1 Å². The first-order valence-electron chi connectivity index (χ1n) is 14.2. The van der Waals surface area contributed by atoms with Gasteiger partial charge in [-0.25, -0.2) is 5.48 Å². The molecule has 0 unspecified atom stereocenters. The number of carbonyl (C=O) groups excluding carboxylic acids is 5. The van der Waals surface area contributed by atoms with E-state index in [-0.39, 0.29) is 67.0 Å². The Morgan fingerprint density at radius 1 is 0.674 bits per heavy atom. The third-order valence-electron chi connectivity index (χ3n) is 6.76. The van der Waals surface area contributed by atoms with E-state index in [2.05, 4.69) is 21.3 Å². The normalized spacial score (nSPS) is 10.4. The van der Waals surface area contributed by atoms with Gasteiger partial charge in [-0.05, 0) is 58.1 Å². The van der Waals surface area contributed by atoms with Crippen LogP contribution < -0.4 is 26.7 Å². The zero-order valence-electron chi connectivity index (χ0n) is 26.5. The van der Waals surface area contributed by atoms with Gasteiger partial charge in [0.05, 0.1) is 17.1 Å². The third kappa shape index (κ3) is 11.7. The molecule has 0 aliphatic carbocycles. The smallest absolute Gasteiger partial charge is 0.351 e. The van der Waals surface area contributed by atoms with Crippen molar-refractivity contribution in [2.75, 3.05) is 43.1 Å². The van der Waals surface area contributed by atoms with Crippen molar-refractivity contribution in [1.29, 1.82) is 0 Å². The maximum Gasteiger partial charge on any atom is 2.00 e. The molecule has 0 aliphatic rings. The van der Waals surface area contributed by atoms with E-state index in [1.54, 1.807) is 65.0 Å². The molecule has 249 valence electrons. The molecule has 0 aliphatic heterocycles. The average molecular weight is 699 g/mol. The number of aryl methyl sites for hydroxylation is 3. The quantitative estimate of drug-likeness (QED) is 0.0800. The molecule has 17 heteroatoms. The van der Waals surface area contributed by atoms with Crippen LogP contribution in [0.25, 0.3) is 0 Å². The summed E-state index contributed by atoms with van der Waals surface area (Å²) in [6.45, 7) is 1.39. The van der Waals surface area contributed by atoms with E-state index in [0.717, 1.165) is 13.0 Å². The van der Waals surface area contributed by atoms with Crippen LogP contribution in [-0.2, 0) is 49.3 Å². The van der Waals surface area contributed by atoms with Crippen molar-refractivity contribution in [2.45, 2.75) is 32.1 Å². The number of amides is 5. The number of carbonyl (C=O) groups is 5. The second-order valence-electron chi connectivity index (χ2n) is 10.8. The molecule has 0 aromatic carbocycles. The molecule has 0 bridgehead atoms. The SMILES string of the molecule is CN(C)CCCNC(=O)c1cc(NC(=O)c2cc(NC(=O)c3cc(NC(=O)CCCCC(=O)NO)cn3C)cn2C)cn1C.Cl.[V+2]. The Labute approximate surface area is 285 Å². The van der Waals surface area contributed by atoms with E-state index in [1.165, 1.54) is 12.1 Å². The van der Waals surface area contributed by atoms with Crippen LogP contribution in [0.4, 0.5) is 17.1 Å². The zero-order chi connectivity index (χ0) is 32.4. The zero-order valence-corrected chi connectivity index (χ0v) is 28.8. The Morgan fingerprint density at radius 3 is 1.52 bits per heavy atom. The summed E-state index contributed by atoms with van der Waals surface area (Å²) in [5.74, 6) is -1.86. The first kappa shape index (κ1) is 40.0. The van der Waals surface area contributed by atoms with Crippen molar-refractivity contribution < 1.29 is 47.7 Å². The minimum Gasteiger partial charge on any atom is -0.351 e. The molecule has 0 atom stereocenters. The monoisotopic (exact) mass is 698 g/mol. The molecule has 5 amide bonds. The number of hydrogen-bond donors (Lipinski definition) is 6. The maximum atomic E-state index is 13.0. The summed E-state index contributed by atoms with van der Waals surface area (Å²) in [4.78, 5) is 63.9. The molecule has 15 nitrogen and oxygen atoms in total. The molecule has 0 saturated heterocycles. The van der Waals surface area contributed by atoms with Crippen LogP contribution in [0.15, 0.2) is 36.8 Å². The maximum absolute atomic E-state index is 13.0. The van der Waals surface area contributed by atoms with Gasteiger partial charge in [0.15, 0.2) is 0 Å². The van der Waals surface area contributed by atoms with Gasteiger partial charge in [-0.1, -0.05) is 0 Å². The number of hydrogen-bond acceptors (Lipinski definition) is 7. The van der Waals surface area contributed by atoms with Crippen LogP contribution in [-0.4, -0.2) is 80.5 Å². The molecule has 3 heterocycles. The summed E-state index contributed by atoms with van der Waals surface area (Å²) in [7, 11) is 9.01. The number of unbranched alkanes of at least 4 members (excludes halogenated alkanes) is 1. The Balaban J connectivity index is 0.00000529. The molecule has 1 radical (unpaired) electrons. The fourth-order valence-electron chi connectivity index (χ4n) is 4.50. The van der Waals surface area contributed by atoms with Crippen molar-refractivity contribution in [2.24, 2.45) is 21.1 Å². The Kier molecular flexibility index (Phi) is 16.4. The molecule has 0 spiro atoms. The van der Waals surface area contributed by atoms with Crippen LogP contribution in [0.3, 0.4) is 0 Å². The van der Waals surface area contributed by atoms with Crippen molar-refractivity contribution in [3.05, 3.63) is 53.9 Å². The minimum absolute atomic E-state index is 0.